The van der Waals surface area contributed by atoms with Crippen LogP contribution < -0.4 is 10.1 Å². The molecule has 0 saturated carbocycles. The van der Waals surface area contributed by atoms with E-state index in [9.17, 15) is 9.59 Å². The summed E-state index contributed by atoms with van der Waals surface area (Å²) in [6, 6.07) is 5.20. The van der Waals surface area contributed by atoms with Gasteiger partial charge in [-0.3, -0.25) is 9.59 Å². The third-order valence-electron chi connectivity index (χ3n) is 3.25. The number of hydrogen-bond donors (Lipinski definition) is 1. The monoisotopic (exact) mass is 247 g/mol. The molecule has 0 bridgehead atoms. The van der Waals surface area contributed by atoms with Crippen molar-refractivity contribution in [3.63, 3.8) is 0 Å². The molecule has 1 aliphatic rings. The zero-order chi connectivity index (χ0) is 13.1. The maximum Gasteiger partial charge on any atom is 0.262 e. The molecule has 0 fully saturated rings. The number of anilines is 1. The van der Waals surface area contributed by atoms with Crippen LogP contribution in [0.1, 0.15) is 37.0 Å². The Labute approximate surface area is 106 Å². The van der Waals surface area contributed by atoms with Crippen molar-refractivity contribution in [2.45, 2.75) is 26.7 Å². The van der Waals surface area contributed by atoms with Crippen molar-refractivity contribution in [1.82, 2.24) is 0 Å². The molecule has 0 spiro atoms. The maximum atomic E-state index is 12.2. The molecule has 4 heteroatoms. The molecular formula is C14H17NO3. The van der Waals surface area contributed by atoms with Crippen LogP contribution in [0.25, 0.3) is 0 Å². The van der Waals surface area contributed by atoms with Crippen LogP contribution in [-0.4, -0.2) is 18.3 Å². The van der Waals surface area contributed by atoms with Crippen molar-refractivity contribution in [2.24, 2.45) is 5.92 Å². The summed E-state index contributed by atoms with van der Waals surface area (Å²) >= 11 is 0. The molecule has 0 atom stereocenters. The van der Waals surface area contributed by atoms with Gasteiger partial charge in [-0.05, 0) is 31.0 Å². The number of nitrogens with one attached hydrogen (secondary N) is 1. The standard InChI is InChI=1S/C14H17NO3/c1-3-9(4-2)14(17)10-5-6-12-11(7-10)15-13(16)8-18-12/h5-7,9H,3-4,8H2,1-2H3,(H,15,16). The van der Waals surface area contributed by atoms with Crippen molar-refractivity contribution in [2.75, 3.05) is 11.9 Å². The number of ketones is 1. The van der Waals surface area contributed by atoms with Crippen molar-refractivity contribution >= 4 is 17.4 Å². The number of Topliss-reactive ketones (excluding diaryl/α,β-unsaturated/α-hetero) is 1. The van der Waals surface area contributed by atoms with E-state index in [1.807, 2.05) is 13.8 Å². The molecule has 96 valence electrons. The van der Waals surface area contributed by atoms with Gasteiger partial charge < -0.3 is 10.1 Å². The number of fused-ring (bicyclic) bond motifs is 1. The van der Waals surface area contributed by atoms with E-state index in [2.05, 4.69) is 5.32 Å². The minimum Gasteiger partial charge on any atom is -0.482 e. The molecule has 0 aromatic heterocycles. The van der Waals surface area contributed by atoms with Gasteiger partial charge in [-0.1, -0.05) is 13.8 Å². The lowest BCUT2D eigenvalue weighted by atomic mass is 9.92. The SMILES string of the molecule is CCC(CC)C(=O)c1ccc2c(c1)NC(=O)CO2. The van der Waals surface area contributed by atoms with E-state index in [0.29, 0.717) is 17.0 Å². The van der Waals surface area contributed by atoms with Crippen LogP contribution in [-0.2, 0) is 4.79 Å². The van der Waals surface area contributed by atoms with E-state index in [1.165, 1.54) is 0 Å². The lowest BCUT2D eigenvalue weighted by molar-refractivity contribution is -0.118. The Bertz CT molecular complexity index is 478. The van der Waals surface area contributed by atoms with E-state index in [4.69, 9.17) is 4.74 Å². The predicted molar refractivity (Wildman–Crippen MR) is 69.0 cm³/mol. The fourth-order valence-corrected chi connectivity index (χ4v) is 2.13. The summed E-state index contributed by atoms with van der Waals surface area (Å²) in [5.41, 5.74) is 1.22. The molecule has 1 aromatic rings. The second-order valence-electron chi connectivity index (χ2n) is 4.43. The van der Waals surface area contributed by atoms with Gasteiger partial charge in [-0.25, -0.2) is 0 Å². The van der Waals surface area contributed by atoms with Gasteiger partial charge in [-0.2, -0.15) is 0 Å². The maximum absolute atomic E-state index is 12.2. The summed E-state index contributed by atoms with van der Waals surface area (Å²) in [5.74, 6) is 0.608. The van der Waals surface area contributed by atoms with Gasteiger partial charge in [0, 0.05) is 11.5 Å². The highest BCUT2D eigenvalue weighted by molar-refractivity contribution is 6.01. The zero-order valence-corrected chi connectivity index (χ0v) is 10.7. The lowest BCUT2D eigenvalue weighted by Crippen LogP contribution is -2.25. The predicted octanol–water partition coefficient (Wildman–Crippen LogP) is 2.64. The minimum absolute atomic E-state index is 0.0346. The van der Waals surface area contributed by atoms with Gasteiger partial charge in [0.2, 0.25) is 0 Å². The first kappa shape index (κ1) is 12.6. The number of rotatable bonds is 4. The number of benzene rings is 1. The topological polar surface area (TPSA) is 55.4 Å². The molecule has 4 nitrogen and oxygen atoms in total. The molecule has 1 aliphatic heterocycles. The number of hydrogen-bond acceptors (Lipinski definition) is 3. The van der Waals surface area contributed by atoms with Crippen LogP contribution in [0, 0.1) is 5.92 Å². The quantitative estimate of drug-likeness (QED) is 0.832. The Hall–Kier alpha value is -1.84. The van der Waals surface area contributed by atoms with E-state index in [-0.39, 0.29) is 24.2 Å². The molecule has 0 radical (unpaired) electrons. The van der Waals surface area contributed by atoms with Crippen LogP contribution in [0.2, 0.25) is 0 Å². The van der Waals surface area contributed by atoms with Gasteiger partial charge >= 0.3 is 0 Å². The fraction of sp³-hybridized carbons (Fsp3) is 0.429. The Morgan fingerprint density at radius 2 is 2.11 bits per heavy atom. The smallest absolute Gasteiger partial charge is 0.262 e. The fourth-order valence-electron chi connectivity index (χ4n) is 2.13. The van der Waals surface area contributed by atoms with Crippen LogP contribution in [0.5, 0.6) is 5.75 Å². The van der Waals surface area contributed by atoms with Crippen molar-refractivity contribution in [1.29, 1.82) is 0 Å². The van der Waals surface area contributed by atoms with E-state index in [1.54, 1.807) is 18.2 Å². The Morgan fingerprint density at radius 1 is 1.39 bits per heavy atom. The summed E-state index contributed by atoms with van der Waals surface area (Å²) in [5, 5.41) is 2.71. The van der Waals surface area contributed by atoms with Crippen LogP contribution in [0.15, 0.2) is 18.2 Å². The van der Waals surface area contributed by atoms with Crippen LogP contribution >= 0.6 is 0 Å². The van der Waals surface area contributed by atoms with E-state index in [0.717, 1.165) is 12.8 Å². The van der Waals surface area contributed by atoms with Crippen molar-refractivity contribution < 1.29 is 14.3 Å². The molecule has 0 unspecified atom stereocenters. The first-order valence-corrected chi connectivity index (χ1v) is 6.26. The molecule has 1 N–H and O–H groups in total. The number of carbonyl (C=O) groups excluding carboxylic acids is 2. The van der Waals surface area contributed by atoms with Crippen molar-refractivity contribution in [3.8, 4) is 5.75 Å². The number of carbonyl (C=O) groups is 2. The zero-order valence-electron chi connectivity index (χ0n) is 10.7. The third-order valence-corrected chi connectivity index (χ3v) is 3.25. The highest BCUT2D eigenvalue weighted by Crippen LogP contribution is 2.29. The second-order valence-corrected chi connectivity index (χ2v) is 4.43. The number of ether oxygens (including phenoxy) is 1. The Balaban J connectivity index is 2.28. The van der Waals surface area contributed by atoms with Crippen LogP contribution in [0.4, 0.5) is 5.69 Å². The normalized spacial score (nSPS) is 13.8. The van der Waals surface area contributed by atoms with Gasteiger partial charge in [0.1, 0.15) is 5.75 Å². The summed E-state index contributed by atoms with van der Waals surface area (Å²) < 4.78 is 5.26. The highest BCUT2D eigenvalue weighted by atomic mass is 16.5. The van der Waals surface area contributed by atoms with Gasteiger partial charge in [-0.15, -0.1) is 0 Å². The minimum atomic E-state index is -0.186. The Morgan fingerprint density at radius 3 is 2.78 bits per heavy atom. The first-order chi connectivity index (χ1) is 8.65. The Kier molecular flexibility index (Phi) is 3.65. The lowest BCUT2D eigenvalue weighted by Gasteiger charge is -2.19. The van der Waals surface area contributed by atoms with Crippen LogP contribution in [0.3, 0.4) is 0 Å². The molecule has 18 heavy (non-hydrogen) atoms. The summed E-state index contributed by atoms with van der Waals surface area (Å²) in [7, 11) is 0. The third kappa shape index (κ3) is 2.37. The summed E-state index contributed by atoms with van der Waals surface area (Å²) in [4.78, 5) is 23.5. The average molecular weight is 247 g/mol. The molecule has 1 amide bonds. The summed E-state index contributed by atoms with van der Waals surface area (Å²) in [6.45, 7) is 4.05. The van der Waals surface area contributed by atoms with Gasteiger partial charge in [0.15, 0.2) is 12.4 Å². The number of amides is 1. The average Bonchev–Trinajstić information content (AvgIpc) is 2.39. The first-order valence-electron chi connectivity index (χ1n) is 6.26. The second kappa shape index (κ2) is 5.21. The molecular weight excluding hydrogens is 230 g/mol. The molecule has 2 rings (SSSR count). The van der Waals surface area contributed by atoms with E-state index < -0.39 is 0 Å². The molecule has 0 saturated heterocycles. The molecule has 1 aromatic carbocycles. The molecule has 1 heterocycles. The summed E-state index contributed by atoms with van der Waals surface area (Å²) in [6.07, 6.45) is 1.66. The largest absolute Gasteiger partial charge is 0.482 e. The van der Waals surface area contributed by atoms with E-state index >= 15 is 0 Å². The van der Waals surface area contributed by atoms with Gasteiger partial charge in [0.25, 0.3) is 5.91 Å². The van der Waals surface area contributed by atoms with Crippen molar-refractivity contribution in [3.05, 3.63) is 23.8 Å². The van der Waals surface area contributed by atoms with Gasteiger partial charge in [0.05, 0.1) is 5.69 Å². The molecule has 0 aliphatic carbocycles. The highest BCUT2D eigenvalue weighted by Gasteiger charge is 2.20.